The summed E-state index contributed by atoms with van der Waals surface area (Å²) in [6.45, 7) is 1.91. The van der Waals surface area contributed by atoms with E-state index in [-0.39, 0.29) is 11.8 Å². The Kier molecular flexibility index (Phi) is 3.97. The van der Waals surface area contributed by atoms with E-state index in [2.05, 4.69) is 10.6 Å². The van der Waals surface area contributed by atoms with Gasteiger partial charge in [0.2, 0.25) is 12.3 Å². The Balaban J connectivity index is 2.06. The second-order valence-electron chi connectivity index (χ2n) is 4.76. The first kappa shape index (κ1) is 12.6. The van der Waals surface area contributed by atoms with Crippen molar-refractivity contribution in [2.24, 2.45) is 5.92 Å². The predicted molar refractivity (Wildman–Crippen MR) is 71.5 cm³/mol. The van der Waals surface area contributed by atoms with Gasteiger partial charge in [-0.15, -0.1) is 0 Å². The molecule has 2 N–H and O–H groups in total. The summed E-state index contributed by atoms with van der Waals surface area (Å²) < 4.78 is 0. The van der Waals surface area contributed by atoms with Gasteiger partial charge in [-0.25, -0.2) is 0 Å². The van der Waals surface area contributed by atoms with Crippen molar-refractivity contribution >= 4 is 23.7 Å². The largest absolute Gasteiger partial charge is 0.328 e. The van der Waals surface area contributed by atoms with Crippen molar-refractivity contribution in [1.82, 2.24) is 0 Å². The summed E-state index contributed by atoms with van der Waals surface area (Å²) >= 11 is 0. The van der Waals surface area contributed by atoms with Gasteiger partial charge in [-0.05, 0) is 37.5 Å². The molecule has 4 nitrogen and oxygen atoms in total. The standard InChI is InChI=1S/C14H18N2O2/c1-10-6-7-12(8-13(10)15-9-17)16-14(18)11-4-2-3-5-11/h6-9,11H,2-5H2,1H3,(H,15,17)(H,16,18). The first-order chi connectivity index (χ1) is 8.70. The second-order valence-corrected chi connectivity index (χ2v) is 4.76. The fourth-order valence-electron chi connectivity index (χ4n) is 2.35. The SMILES string of the molecule is Cc1ccc(NC(=O)C2CCCC2)cc1NC=O. The van der Waals surface area contributed by atoms with Gasteiger partial charge in [-0.2, -0.15) is 0 Å². The molecule has 96 valence electrons. The molecule has 4 heteroatoms. The van der Waals surface area contributed by atoms with Crippen LogP contribution in [0.2, 0.25) is 0 Å². The molecule has 1 aliphatic rings. The molecule has 0 atom stereocenters. The normalized spacial score (nSPS) is 15.4. The summed E-state index contributed by atoms with van der Waals surface area (Å²) in [6, 6.07) is 5.53. The number of amides is 2. The van der Waals surface area contributed by atoms with Gasteiger partial charge >= 0.3 is 0 Å². The Labute approximate surface area is 107 Å². The lowest BCUT2D eigenvalue weighted by atomic mass is 10.1. The van der Waals surface area contributed by atoms with Crippen LogP contribution in [0.1, 0.15) is 31.2 Å². The molecule has 0 saturated heterocycles. The van der Waals surface area contributed by atoms with E-state index >= 15 is 0 Å². The van der Waals surface area contributed by atoms with Gasteiger partial charge in [0, 0.05) is 17.3 Å². The molecule has 1 aromatic carbocycles. The van der Waals surface area contributed by atoms with Crippen LogP contribution in [-0.2, 0) is 9.59 Å². The van der Waals surface area contributed by atoms with Crippen molar-refractivity contribution in [3.63, 3.8) is 0 Å². The van der Waals surface area contributed by atoms with Crippen LogP contribution in [0.3, 0.4) is 0 Å². The van der Waals surface area contributed by atoms with Crippen LogP contribution in [-0.4, -0.2) is 12.3 Å². The van der Waals surface area contributed by atoms with Crippen molar-refractivity contribution in [2.75, 3.05) is 10.6 Å². The fourth-order valence-corrected chi connectivity index (χ4v) is 2.35. The summed E-state index contributed by atoms with van der Waals surface area (Å²) in [5, 5.41) is 5.54. The zero-order chi connectivity index (χ0) is 13.0. The number of hydrogen-bond donors (Lipinski definition) is 2. The van der Waals surface area contributed by atoms with E-state index in [0.717, 1.165) is 42.6 Å². The lowest BCUT2D eigenvalue weighted by Gasteiger charge is -2.12. The number of carbonyl (C=O) groups is 2. The maximum Gasteiger partial charge on any atom is 0.227 e. The van der Waals surface area contributed by atoms with Gasteiger partial charge in [-0.1, -0.05) is 18.9 Å². The number of nitrogens with one attached hydrogen (secondary N) is 2. The van der Waals surface area contributed by atoms with Crippen molar-refractivity contribution in [2.45, 2.75) is 32.6 Å². The molecule has 0 bridgehead atoms. The van der Waals surface area contributed by atoms with E-state index in [1.54, 1.807) is 6.07 Å². The van der Waals surface area contributed by atoms with Crippen LogP contribution >= 0.6 is 0 Å². The minimum atomic E-state index is 0.0911. The first-order valence-corrected chi connectivity index (χ1v) is 6.32. The van der Waals surface area contributed by atoms with E-state index in [0.29, 0.717) is 6.41 Å². The number of hydrogen-bond acceptors (Lipinski definition) is 2. The van der Waals surface area contributed by atoms with Crippen LogP contribution in [0.25, 0.3) is 0 Å². The number of carbonyl (C=O) groups excluding carboxylic acids is 2. The number of anilines is 2. The highest BCUT2D eigenvalue weighted by Crippen LogP contribution is 2.27. The van der Waals surface area contributed by atoms with E-state index < -0.39 is 0 Å². The zero-order valence-corrected chi connectivity index (χ0v) is 10.5. The van der Waals surface area contributed by atoms with E-state index in [1.165, 1.54) is 0 Å². The summed E-state index contributed by atoms with van der Waals surface area (Å²) in [6.07, 6.45) is 4.90. The third-order valence-corrected chi connectivity index (χ3v) is 3.45. The number of rotatable bonds is 4. The van der Waals surface area contributed by atoms with Gasteiger partial charge in [0.25, 0.3) is 0 Å². The maximum absolute atomic E-state index is 12.0. The Hall–Kier alpha value is -1.84. The summed E-state index contributed by atoms with van der Waals surface area (Å²) in [5.41, 5.74) is 2.44. The Morgan fingerprint density at radius 3 is 2.72 bits per heavy atom. The van der Waals surface area contributed by atoms with Crippen molar-refractivity contribution < 1.29 is 9.59 Å². The van der Waals surface area contributed by atoms with Gasteiger partial charge in [-0.3, -0.25) is 9.59 Å². The summed E-state index contributed by atoms with van der Waals surface area (Å²) in [4.78, 5) is 22.4. The minimum Gasteiger partial charge on any atom is -0.328 e. The lowest BCUT2D eigenvalue weighted by Crippen LogP contribution is -2.20. The number of benzene rings is 1. The van der Waals surface area contributed by atoms with Gasteiger partial charge in [0.05, 0.1) is 0 Å². The maximum atomic E-state index is 12.0. The van der Waals surface area contributed by atoms with Gasteiger partial charge < -0.3 is 10.6 Å². The molecule has 18 heavy (non-hydrogen) atoms. The molecule has 0 aromatic heterocycles. The van der Waals surface area contributed by atoms with Crippen LogP contribution in [0.15, 0.2) is 18.2 Å². The average molecular weight is 246 g/mol. The molecule has 0 unspecified atom stereocenters. The summed E-state index contributed by atoms with van der Waals surface area (Å²) in [7, 11) is 0. The minimum absolute atomic E-state index is 0.0911. The monoisotopic (exact) mass is 246 g/mol. The molecular weight excluding hydrogens is 228 g/mol. The Morgan fingerprint density at radius 1 is 1.33 bits per heavy atom. The van der Waals surface area contributed by atoms with E-state index in [1.807, 2.05) is 19.1 Å². The predicted octanol–water partition coefficient (Wildman–Crippen LogP) is 2.69. The zero-order valence-electron chi connectivity index (χ0n) is 10.5. The third kappa shape index (κ3) is 2.88. The Morgan fingerprint density at radius 2 is 2.06 bits per heavy atom. The Bertz CT molecular complexity index is 451. The smallest absolute Gasteiger partial charge is 0.227 e. The van der Waals surface area contributed by atoms with Crippen LogP contribution < -0.4 is 10.6 Å². The fraction of sp³-hybridized carbons (Fsp3) is 0.429. The van der Waals surface area contributed by atoms with Crippen molar-refractivity contribution in [3.8, 4) is 0 Å². The molecule has 1 saturated carbocycles. The highest BCUT2D eigenvalue weighted by atomic mass is 16.2. The lowest BCUT2D eigenvalue weighted by molar-refractivity contribution is -0.119. The quantitative estimate of drug-likeness (QED) is 0.802. The highest BCUT2D eigenvalue weighted by molar-refractivity contribution is 5.93. The van der Waals surface area contributed by atoms with Crippen LogP contribution in [0.5, 0.6) is 0 Å². The average Bonchev–Trinajstić information content (AvgIpc) is 2.87. The molecule has 0 spiro atoms. The van der Waals surface area contributed by atoms with Gasteiger partial charge in [0.1, 0.15) is 0 Å². The molecule has 1 aliphatic carbocycles. The molecule has 2 rings (SSSR count). The third-order valence-electron chi connectivity index (χ3n) is 3.45. The number of aryl methyl sites for hydroxylation is 1. The molecule has 2 amide bonds. The molecule has 1 fully saturated rings. The molecule has 0 radical (unpaired) electrons. The highest BCUT2D eigenvalue weighted by Gasteiger charge is 2.22. The van der Waals surface area contributed by atoms with E-state index in [9.17, 15) is 9.59 Å². The van der Waals surface area contributed by atoms with Crippen LogP contribution in [0, 0.1) is 12.8 Å². The van der Waals surface area contributed by atoms with Gasteiger partial charge in [0.15, 0.2) is 0 Å². The topological polar surface area (TPSA) is 58.2 Å². The van der Waals surface area contributed by atoms with Crippen LogP contribution in [0.4, 0.5) is 11.4 Å². The second kappa shape index (κ2) is 5.67. The molecule has 0 aliphatic heterocycles. The summed E-state index contributed by atoms with van der Waals surface area (Å²) in [5.74, 6) is 0.238. The molecule has 0 heterocycles. The first-order valence-electron chi connectivity index (χ1n) is 6.32. The molecule has 1 aromatic rings. The van der Waals surface area contributed by atoms with Crippen molar-refractivity contribution in [3.05, 3.63) is 23.8 Å². The molecular formula is C14H18N2O2. The van der Waals surface area contributed by atoms with E-state index in [4.69, 9.17) is 0 Å². The van der Waals surface area contributed by atoms with Crippen molar-refractivity contribution in [1.29, 1.82) is 0 Å².